The van der Waals surface area contributed by atoms with Gasteiger partial charge in [0, 0.05) is 10.9 Å². The minimum Gasteiger partial charge on any atom is -0.320 e. The molecule has 0 fully saturated rings. The third kappa shape index (κ3) is 3.08. The number of halogens is 1. The van der Waals surface area contributed by atoms with Crippen LogP contribution in [0, 0.1) is 11.8 Å². The third-order valence-electron chi connectivity index (χ3n) is 1.41. The molecule has 0 spiro atoms. The average molecular weight is 224 g/mol. The fourth-order valence-electron chi connectivity index (χ4n) is 0.884. The predicted octanol–water partition coefficient (Wildman–Crippen LogP) is 1.95. The van der Waals surface area contributed by atoms with E-state index in [0.29, 0.717) is 6.54 Å². The molecular weight excluding hydrogens is 214 g/mol. The SMILES string of the molecule is NCC#CCc1cccc(Br)c1. The van der Waals surface area contributed by atoms with Crippen LogP contribution >= 0.6 is 15.9 Å². The summed E-state index contributed by atoms with van der Waals surface area (Å²) in [7, 11) is 0. The lowest BCUT2D eigenvalue weighted by molar-refractivity contribution is 1.27. The van der Waals surface area contributed by atoms with Gasteiger partial charge in [0.25, 0.3) is 0 Å². The zero-order valence-electron chi connectivity index (χ0n) is 6.68. The largest absolute Gasteiger partial charge is 0.320 e. The second kappa shape index (κ2) is 4.97. The first-order valence-electron chi connectivity index (χ1n) is 3.73. The average Bonchev–Trinajstić information content (AvgIpc) is 2.05. The molecule has 0 amide bonds. The molecule has 1 nitrogen and oxygen atoms in total. The van der Waals surface area contributed by atoms with Crippen LogP contribution in [0.2, 0.25) is 0 Å². The Kier molecular flexibility index (Phi) is 3.86. The molecule has 0 aliphatic carbocycles. The van der Waals surface area contributed by atoms with Crippen molar-refractivity contribution in [3.63, 3.8) is 0 Å². The smallest absolute Gasteiger partial charge is 0.0551 e. The van der Waals surface area contributed by atoms with Gasteiger partial charge in [-0.05, 0) is 17.7 Å². The molecule has 0 bridgehead atoms. The normalized spacial score (nSPS) is 8.83. The van der Waals surface area contributed by atoms with Gasteiger partial charge in [0.2, 0.25) is 0 Å². The molecule has 2 heteroatoms. The zero-order chi connectivity index (χ0) is 8.81. The minimum absolute atomic E-state index is 0.438. The van der Waals surface area contributed by atoms with Gasteiger partial charge in [-0.15, -0.1) is 0 Å². The summed E-state index contributed by atoms with van der Waals surface area (Å²) in [4.78, 5) is 0. The van der Waals surface area contributed by atoms with E-state index in [2.05, 4.69) is 39.9 Å². The van der Waals surface area contributed by atoms with Crippen molar-refractivity contribution in [3.8, 4) is 11.8 Å². The van der Waals surface area contributed by atoms with Crippen molar-refractivity contribution in [2.75, 3.05) is 6.54 Å². The summed E-state index contributed by atoms with van der Waals surface area (Å²) < 4.78 is 1.09. The lowest BCUT2D eigenvalue weighted by Crippen LogP contribution is -1.93. The number of rotatable bonds is 1. The number of nitrogens with two attached hydrogens (primary N) is 1. The molecule has 2 N–H and O–H groups in total. The fourth-order valence-corrected chi connectivity index (χ4v) is 1.33. The minimum atomic E-state index is 0.438. The van der Waals surface area contributed by atoms with Crippen molar-refractivity contribution < 1.29 is 0 Å². The van der Waals surface area contributed by atoms with Crippen LogP contribution in [0.3, 0.4) is 0 Å². The maximum absolute atomic E-state index is 5.24. The zero-order valence-corrected chi connectivity index (χ0v) is 8.26. The first-order valence-corrected chi connectivity index (χ1v) is 4.52. The Morgan fingerprint density at radius 3 is 2.83 bits per heavy atom. The van der Waals surface area contributed by atoms with Crippen LogP contribution in [0.5, 0.6) is 0 Å². The van der Waals surface area contributed by atoms with Gasteiger partial charge in [-0.3, -0.25) is 0 Å². The van der Waals surface area contributed by atoms with E-state index in [0.717, 1.165) is 10.9 Å². The monoisotopic (exact) mass is 223 g/mol. The van der Waals surface area contributed by atoms with E-state index in [1.807, 2.05) is 12.1 Å². The molecule has 0 unspecified atom stereocenters. The molecule has 1 aromatic carbocycles. The molecule has 62 valence electrons. The van der Waals surface area contributed by atoms with E-state index >= 15 is 0 Å². The van der Waals surface area contributed by atoms with Gasteiger partial charge in [-0.2, -0.15) is 0 Å². The van der Waals surface area contributed by atoms with Crippen LogP contribution in [0.15, 0.2) is 28.7 Å². The van der Waals surface area contributed by atoms with Gasteiger partial charge < -0.3 is 5.73 Å². The third-order valence-corrected chi connectivity index (χ3v) is 1.90. The van der Waals surface area contributed by atoms with Crippen molar-refractivity contribution in [3.05, 3.63) is 34.3 Å². The van der Waals surface area contributed by atoms with Crippen LogP contribution in [-0.4, -0.2) is 6.54 Å². The van der Waals surface area contributed by atoms with Crippen molar-refractivity contribution in [2.45, 2.75) is 6.42 Å². The first kappa shape index (κ1) is 9.31. The van der Waals surface area contributed by atoms with Crippen LogP contribution < -0.4 is 5.73 Å². The Morgan fingerprint density at radius 2 is 2.17 bits per heavy atom. The highest BCUT2D eigenvalue weighted by molar-refractivity contribution is 9.10. The highest BCUT2D eigenvalue weighted by atomic mass is 79.9. The van der Waals surface area contributed by atoms with E-state index in [9.17, 15) is 0 Å². The van der Waals surface area contributed by atoms with E-state index in [1.54, 1.807) is 0 Å². The molecule has 0 aromatic heterocycles. The highest BCUT2D eigenvalue weighted by Crippen LogP contribution is 2.11. The quantitative estimate of drug-likeness (QED) is 0.725. The molecular formula is C10H10BrN. The van der Waals surface area contributed by atoms with Gasteiger partial charge in [0.05, 0.1) is 6.54 Å². The molecule has 0 aliphatic rings. The maximum Gasteiger partial charge on any atom is 0.0551 e. The molecule has 12 heavy (non-hydrogen) atoms. The van der Waals surface area contributed by atoms with Gasteiger partial charge in [0.1, 0.15) is 0 Å². The number of hydrogen-bond donors (Lipinski definition) is 1. The van der Waals surface area contributed by atoms with E-state index in [-0.39, 0.29) is 0 Å². The Morgan fingerprint density at radius 1 is 1.33 bits per heavy atom. The summed E-state index contributed by atoms with van der Waals surface area (Å²) in [6.07, 6.45) is 0.774. The van der Waals surface area contributed by atoms with Crippen molar-refractivity contribution >= 4 is 15.9 Å². The summed E-state index contributed by atoms with van der Waals surface area (Å²) in [6.45, 7) is 0.438. The van der Waals surface area contributed by atoms with Gasteiger partial charge in [-0.25, -0.2) is 0 Å². The lowest BCUT2D eigenvalue weighted by atomic mass is 10.2. The summed E-state index contributed by atoms with van der Waals surface area (Å²) in [6, 6.07) is 8.12. The lowest BCUT2D eigenvalue weighted by Gasteiger charge is -1.94. The molecule has 0 heterocycles. The molecule has 0 atom stereocenters. The van der Waals surface area contributed by atoms with Crippen molar-refractivity contribution in [1.29, 1.82) is 0 Å². The number of benzene rings is 1. The highest BCUT2D eigenvalue weighted by Gasteiger charge is 1.89. The first-order chi connectivity index (χ1) is 5.83. The predicted molar refractivity (Wildman–Crippen MR) is 54.7 cm³/mol. The molecule has 0 saturated carbocycles. The molecule has 0 aliphatic heterocycles. The number of hydrogen-bond acceptors (Lipinski definition) is 1. The second-order valence-corrected chi connectivity index (χ2v) is 3.28. The van der Waals surface area contributed by atoms with Crippen LogP contribution in [0.25, 0.3) is 0 Å². The summed E-state index contributed by atoms with van der Waals surface area (Å²) in [5, 5.41) is 0. The Hall–Kier alpha value is -0.780. The topological polar surface area (TPSA) is 26.0 Å². The van der Waals surface area contributed by atoms with E-state index < -0.39 is 0 Å². The molecule has 0 radical (unpaired) electrons. The summed E-state index contributed by atoms with van der Waals surface area (Å²) in [5.41, 5.74) is 6.45. The maximum atomic E-state index is 5.24. The van der Waals surface area contributed by atoms with Crippen LogP contribution in [0.4, 0.5) is 0 Å². The Balaban J connectivity index is 2.63. The Bertz CT molecular complexity index is 309. The van der Waals surface area contributed by atoms with E-state index in [4.69, 9.17) is 5.73 Å². The molecule has 1 aromatic rings. The molecule has 1 rings (SSSR count). The van der Waals surface area contributed by atoms with E-state index in [1.165, 1.54) is 5.56 Å². The Labute approximate surface area is 81.1 Å². The summed E-state index contributed by atoms with van der Waals surface area (Å²) in [5.74, 6) is 5.81. The van der Waals surface area contributed by atoms with Crippen LogP contribution in [0.1, 0.15) is 5.56 Å². The molecule has 0 saturated heterocycles. The standard InChI is InChI=1S/C10H10BrN/c11-10-6-3-5-9(8-10)4-1-2-7-12/h3,5-6,8H,4,7,12H2. The summed E-state index contributed by atoms with van der Waals surface area (Å²) >= 11 is 3.40. The van der Waals surface area contributed by atoms with Gasteiger partial charge >= 0.3 is 0 Å². The second-order valence-electron chi connectivity index (χ2n) is 2.36. The van der Waals surface area contributed by atoms with Gasteiger partial charge in [-0.1, -0.05) is 39.9 Å². The fraction of sp³-hybridized carbons (Fsp3) is 0.200. The van der Waals surface area contributed by atoms with Gasteiger partial charge in [0.15, 0.2) is 0 Å². The van der Waals surface area contributed by atoms with Crippen molar-refractivity contribution in [2.24, 2.45) is 5.73 Å². The van der Waals surface area contributed by atoms with Crippen molar-refractivity contribution in [1.82, 2.24) is 0 Å². The van der Waals surface area contributed by atoms with Crippen LogP contribution in [-0.2, 0) is 6.42 Å².